The van der Waals surface area contributed by atoms with Crippen molar-refractivity contribution in [1.29, 1.82) is 0 Å². The summed E-state index contributed by atoms with van der Waals surface area (Å²) in [5.41, 5.74) is 0.736. The highest BCUT2D eigenvalue weighted by molar-refractivity contribution is 5.01. The predicted octanol–water partition coefficient (Wildman–Crippen LogP) is 0.513. The van der Waals surface area contributed by atoms with Crippen LogP contribution in [-0.2, 0) is 4.74 Å². The van der Waals surface area contributed by atoms with E-state index in [0.29, 0.717) is 12.2 Å². The summed E-state index contributed by atoms with van der Waals surface area (Å²) in [6, 6.07) is 0.180. The Labute approximate surface area is 76.2 Å². The van der Waals surface area contributed by atoms with Crippen molar-refractivity contribution in [2.45, 2.75) is 19.4 Å². The van der Waals surface area contributed by atoms with Gasteiger partial charge in [0.1, 0.15) is 0 Å². The number of hydrogen-bond donors (Lipinski definition) is 0. The molecule has 1 aliphatic rings. The molecule has 0 radical (unpaired) electrons. The molecule has 0 aromatic carbocycles. The first-order valence-electron chi connectivity index (χ1n) is 4.39. The Bertz CT molecular complexity index is 353. The van der Waals surface area contributed by atoms with E-state index in [0.717, 1.165) is 13.0 Å². The van der Waals surface area contributed by atoms with Gasteiger partial charge in [-0.25, -0.2) is 4.98 Å². The third kappa shape index (κ3) is 1.49. The average molecular weight is 180 g/mol. The van der Waals surface area contributed by atoms with Gasteiger partial charge < -0.3 is 4.74 Å². The number of hydrogen-bond acceptors (Lipinski definition) is 3. The zero-order chi connectivity index (χ0) is 9.26. The smallest absolute Gasteiger partial charge is 0.256 e. The van der Waals surface area contributed by atoms with E-state index in [-0.39, 0.29) is 11.6 Å². The van der Waals surface area contributed by atoms with Gasteiger partial charge in [-0.2, -0.15) is 0 Å². The molecule has 1 aromatic rings. The zero-order valence-electron chi connectivity index (χ0n) is 7.56. The molecule has 1 atom stereocenters. The van der Waals surface area contributed by atoms with Gasteiger partial charge in [-0.05, 0) is 13.3 Å². The molecule has 2 heterocycles. The van der Waals surface area contributed by atoms with Crippen LogP contribution in [0.4, 0.5) is 0 Å². The molecule has 1 fully saturated rings. The Kier molecular flexibility index (Phi) is 2.14. The molecule has 0 aliphatic carbocycles. The molecule has 4 nitrogen and oxygen atoms in total. The van der Waals surface area contributed by atoms with E-state index >= 15 is 0 Å². The SMILES string of the molecule is Cc1cncn(C2CCOC2)c1=O. The second kappa shape index (κ2) is 3.30. The maximum atomic E-state index is 11.6. The van der Waals surface area contributed by atoms with Gasteiger partial charge in [-0.1, -0.05) is 0 Å². The zero-order valence-corrected chi connectivity index (χ0v) is 7.56. The van der Waals surface area contributed by atoms with E-state index in [1.165, 1.54) is 0 Å². The summed E-state index contributed by atoms with van der Waals surface area (Å²) in [4.78, 5) is 15.6. The minimum atomic E-state index is 0.0468. The predicted molar refractivity (Wildman–Crippen MR) is 47.7 cm³/mol. The highest BCUT2D eigenvalue weighted by Gasteiger charge is 2.18. The van der Waals surface area contributed by atoms with E-state index in [9.17, 15) is 4.79 Å². The Morgan fingerprint density at radius 1 is 1.69 bits per heavy atom. The van der Waals surface area contributed by atoms with Crippen LogP contribution in [0.5, 0.6) is 0 Å². The summed E-state index contributed by atoms with van der Waals surface area (Å²) in [5, 5.41) is 0. The fourth-order valence-corrected chi connectivity index (χ4v) is 1.53. The maximum absolute atomic E-state index is 11.6. The topological polar surface area (TPSA) is 44.1 Å². The van der Waals surface area contributed by atoms with Gasteiger partial charge in [0.2, 0.25) is 0 Å². The fourth-order valence-electron chi connectivity index (χ4n) is 1.53. The van der Waals surface area contributed by atoms with Crippen molar-refractivity contribution in [3.63, 3.8) is 0 Å². The molecule has 1 aromatic heterocycles. The second-order valence-electron chi connectivity index (χ2n) is 3.31. The van der Waals surface area contributed by atoms with Crippen LogP contribution in [0.3, 0.4) is 0 Å². The van der Waals surface area contributed by atoms with Crippen molar-refractivity contribution in [1.82, 2.24) is 9.55 Å². The molecule has 13 heavy (non-hydrogen) atoms. The molecule has 70 valence electrons. The number of rotatable bonds is 1. The summed E-state index contributed by atoms with van der Waals surface area (Å²) in [5.74, 6) is 0. The van der Waals surface area contributed by atoms with Crippen LogP contribution in [0, 0.1) is 6.92 Å². The molecular weight excluding hydrogens is 168 g/mol. The van der Waals surface area contributed by atoms with Crippen LogP contribution < -0.4 is 5.56 Å². The monoisotopic (exact) mass is 180 g/mol. The van der Waals surface area contributed by atoms with Crippen LogP contribution >= 0.6 is 0 Å². The maximum Gasteiger partial charge on any atom is 0.256 e. The van der Waals surface area contributed by atoms with Gasteiger partial charge in [0.15, 0.2) is 0 Å². The number of aryl methyl sites for hydroxylation is 1. The van der Waals surface area contributed by atoms with Crippen LogP contribution in [0.2, 0.25) is 0 Å². The third-order valence-electron chi connectivity index (χ3n) is 2.33. The molecule has 0 amide bonds. The Morgan fingerprint density at radius 2 is 2.54 bits per heavy atom. The van der Waals surface area contributed by atoms with Crippen LogP contribution in [-0.4, -0.2) is 22.8 Å². The first-order valence-corrected chi connectivity index (χ1v) is 4.39. The van der Waals surface area contributed by atoms with Gasteiger partial charge in [-0.15, -0.1) is 0 Å². The summed E-state index contributed by atoms with van der Waals surface area (Å²) in [6.45, 7) is 3.15. The van der Waals surface area contributed by atoms with E-state index in [2.05, 4.69) is 4.98 Å². The quantitative estimate of drug-likeness (QED) is 0.632. The molecular formula is C9H12N2O2. The lowest BCUT2D eigenvalue weighted by Crippen LogP contribution is -2.26. The number of ether oxygens (including phenoxy) is 1. The van der Waals surface area contributed by atoms with E-state index in [4.69, 9.17) is 4.74 Å². The highest BCUT2D eigenvalue weighted by atomic mass is 16.5. The lowest BCUT2D eigenvalue weighted by molar-refractivity contribution is 0.186. The largest absolute Gasteiger partial charge is 0.379 e. The van der Waals surface area contributed by atoms with Gasteiger partial charge >= 0.3 is 0 Å². The molecule has 2 rings (SSSR count). The lowest BCUT2D eigenvalue weighted by Gasteiger charge is -2.10. The second-order valence-corrected chi connectivity index (χ2v) is 3.31. The van der Waals surface area contributed by atoms with Crippen molar-refractivity contribution >= 4 is 0 Å². The van der Waals surface area contributed by atoms with Gasteiger partial charge in [0.05, 0.1) is 19.0 Å². The Morgan fingerprint density at radius 3 is 3.23 bits per heavy atom. The van der Waals surface area contributed by atoms with Crippen LogP contribution in [0.25, 0.3) is 0 Å². The summed E-state index contributed by atoms with van der Waals surface area (Å²) >= 11 is 0. The number of nitrogens with zero attached hydrogens (tertiary/aromatic N) is 2. The normalized spacial score (nSPS) is 22.1. The fraction of sp³-hybridized carbons (Fsp3) is 0.556. The van der Waals surface area contributed by atoms with Gasteiger partial charge in [-0.3, -0.25) is 9.36 Å². The molecule has 1 unspecified atom stereocenters. The standard InChI is InChI=1S/C9H12N2O2/c1-7-4-10-6-11(9(7)12)8-2-3-13-5-8/h4,6,8H,2-3,5H2,1H3. The van der Waals surface area contributed by atoms with Crippen molar-refractivity contribution in [3.8, 4) is 0 Å². The molecule has 0 spiro atoms. The first-order chi connectivity index (χ1) is 6.29. The number of aromatic nitrogens is 2. The van der Waals surface area contributed by atoms with Crippen molar-refractivity contribution < 1.29 is 4.74 Å². The lowest BCUT2D eigenvalue weighted by atomic mass is 10.2. The van der Waals surface area contributed by atoms with E-state index < -0.39 is 0 Å². The van der Waals surface area contributed by atoms with Gasteiger partial charge in [0, 0.05) is 18.4 Å². The van der Waals surface area contributed by atoms with E-state index in [1.807, 2.05) is 0 Å². The Hall–Kier alpha value is -1.16. The summed E-state index contributed by atoms with van der Waals surface area (Å²) < 4.78 is 6.89. The first kappa shape index (κ1) is 8.44. The summed E-state index contributed by atoms with van der Waals surface area (Å²) in [6.07, 6.45) is 4.09. The highest BCUT2D eigenvalue weighted by Crippen LogP contribution is 2.15. The molecule has 0 N–H and O–H groups in total. The average Bonchev–Trinajstić information content (AvgIpc) is 2.62. The van der Waals surface area contributed by atoms with Gasteiger partial charge in [0.25, 0.3) is 5.56 Å². The molecule has 4 heteroatoms. The molecule has 0 bridgehead atoms. The molecule has 0 saturated carbocycles. The molecule has 1 aliphatic heterocycles. The van der Waals surface area contributed by atoms with Crippen molar-refractivity contribution in [2.24, 2.45) is 0 Å². The van der Waals surface area contributed by atoms with Crippen molar-refractivity contribution in [2.75, 3.05) is 13.2 Å². The van der Waals surface area contributed by atoms with Crippen LogP contribution in [0.1, 0.15) is 18.0 Å². The third-order valence-corrected chi connectivity index (χ3v) is 2.33. The Balaban J connectivity index is 2.39. The minimum Gasteiger partial charge on any atom is -0.379 e. The van der Waals surface area contributed by atoms with Crippen LogP contribution in [0.15, 0.2) is 17.3 Å². The minimum absolute atomic E-state index is 0.0468. The molecule has 1 saturated heterocycles. The summed E-state index contributed by atoms with van der Waals surface area (Å²) in [7, 11) is 0. The van der Waals surface area contributed by atoms with E-state index in [1.54, 1.807) is 24.0 Å². The van der Waals surface area contributed by atoms with Crippen molar-refractivity contribution in [3.05, 3.63) is 28.4 Å².